The van der Waals surface area contributed by atoms with Gasteiger partial charge in [0.1, 0.15) is 0 Å². The largest absolute Gasteiger partial charge is 0.312 e. The molecule has 0 unspecified atom stereocenters. The van der Waals surface area contributed by atoms with Gasteiger partial charge in [-0.05, 0) is 6.08 Å². The maximum Gasteiger partial charge on any atom is 0.312 e. The van der Waals surface area contributed by atoms with Crippen molar-refractivity contribution in [2.45, 2.75) is 0 Å². The molecule has 0 bridgehead atoms. The molecule has 0 atom stereocenters. The Balaban J connectivity index is 3.11. The molecule has 1 aliphatic rings. The third-order valence-corrected chi connectivity index (χ3v) is 1.82. The molecule has 0 saturated carbocycles. The normalized spacial score (nSPS) is 17.7. The van der Waals surface area contributed by atoms with Crippen LogP contribution >= 0.6 is 12.2 Å². The smallest absolute Gasteiger partial charge is 0.281 e. The monoisotopic (exact) mass is 177 g/mol. The van der Waals surface area contributed by atoms with Gasteiger partial charge in [-0.25, -0.2) is 4.99 Å². The van der Waals surface area contributed by atoms with Gasteiger partial charge in [-0.1, -0.05) is 12.2 Å². The van der Waals surface area contributed by atoms with Crippen molar-refractivity contribution in [1.82, 2.24) is 0 Å². The second-order valence-electron chi connectivity index (χ2n) is 1.62. The van der Waals surface area contributed by atoms with Crippen molar-refractivity contribution in [1.29, 1.82) is 0 Å². The van der Waals surface area contributed by atoms with Gasteiger partial charge >= 0.3 is 10.1 Å². The van der Waals surface area contributed by atoms with Crippen LogP contribution in [0.5, 0.6) is 0 Å². The molecule has 0 amide bonds. The second-order valence-corrected chi connectivity index (χ2v) is 3.46. The van der Waals surface area contributed by atoms with Crippen molar-refractivity contribution in [3.63, 3.8) is 0 Å². The van der Waals surface area contributed by atoms with Gasteiger partial charge in [0.15, 0.2) is 5.03 Å². The summed E-state index contributed by atoms with van der Waals surface area (Å²) in [5, 5.41) is -0.391. The van der Waals surface area contributed by atoms with E-state index in [2.05, 4.69) is 17.2 Å². The summed E-state index contributed by atoms with van der Waals surface area (Å²) in [7, 11) is -4.16. The van der Waals surface area contributed by atoms with Crippen LogP contribution in [0.4, 0.5) is 0 Å². The van der Waals surface area contributed by atoms with Crippen molar-refractivity contribution >= 4 is 33.4 Å². The van der Waals surface area contributed by atoms with Crippen molar-refractivity contribution < 1.29 is 13.0 Å². The van der Waals surface area contributed by atoms with Crippen molar-refractivity contribution in [2.24, 2.45) is 4.99 Å². The molecule has 0 spiro atoms. The molecule has 6 heteroatoms. The molecule has 4 nitrogen and oxygen atoms in total. The van der Waals surface area contributed by atoms with E-state index < -0.39 is 15.1 Å². The topological polar surface area (TPSA) is 66.7 Å². The number of rotatable bonds is 1. The molecule has 54 valence electrons. The van der Waals surface area contributed by atoms with Gasteiger partial charge in [-0.15, -0.1) is 0 Å². The van der Waals surface area contributed by atoms with Crippen molar-refractivity contribution in [2.75, 3.05) is 0 Å². The second kappa shape index (κ2) is 2.22. The summed E-state index contributed by atoms with van der Waals surface area (Å²) < 4.78 is 29.0. The number of allylic oxidation sites excluding steroid dienone is 1. The summed E-state index contributed by atoms with van der Waals surface area (Å²) in [5.41, 5.74) is 0. The standard InChI is InChI=1S/C4H3NO3S2/c6-10(7,8)4-1-3(9)2-5-4/h1-2H,(H,6,7,8). The number of nitrogens with zero attached hydrogens (tertiary/aromatic N) is 1. The van der Waals surface area contributed by atoms with E-state index in [4.69, 9.17) is 4.55 Å². The molecule has 1 aliphatic heterocycles. The van der Waals surface area contributed by atoms with E-state index >= 15 is 0 Å². The van der Waals surface area contributed by atoms with E-state index in [1.807, 2.05) is 0 Å². The van der Waals surface area contributed by atoms with Gasteiger partial charge in [0.2, 0.25) is 0 Å². The van der Waals surface area contributed by atoms with E-state index in [0.29, 0.717) is 4.86 Å². The summed E-state index contributed by atoms with van der Waals surface area (Å²) >= 11 is 4.56. The Kier molecular flexibility index (Phi) is 1.67. The fourth-order valence-electron chi connectivity index (χ4n) is 0.465. The van der Waals surface area contributed by atoms with Crippen LogP contribution in [0.15, 0.2) is 16.1 Å². The molecule has 0 aromatic rings. The first-order chi connectivity index (χ1) is 4.50. The molecule has 1 rings (SSSR count). The quantitative estimate of drug-likeness (QED) is 0.458. The lowest BCUT2D eigenvalue weighted by Crippen LogP contribution is -1.97. The van der Waals surface area contributed by atoms with E-state index in [1.165, 1.54) is 6.21 Å². The first kappa shape index (κ1) is 7.52. The summed E-state index contributed by atoms with van der Waals surface area (Å²) in [6, 6.07) is 0. The Morgan fingerprint density at radius 1 is 1.60 bits per heavy atom. The molecule has 0 aliphatic carbocycles. The highest BCUT2D eigenvalue weighted by Crippen LogP contribution is 2.09. The Labute approximate surface area is 63.0 Å². The summed E-state index contributed by atoms with van der Waals surface area (Å²) in [4.78, 5) is 3.64. The zero-order valence-electron chi connectivity index (χ0n) is 4.68. The lowest BCUT2D eigenvalue weighted by atomic mass is 10.5. The molecule has 1 N–H and O–H groups in total. The third-order valence-electron chi connectivity index (χ3n) is 0.849. The fourth-order valence-corrected chi connectivity index (χ4v) is 1.17. The van der Waals surface area contributed by atoms with E-state index in [1.54, 1.807) is 0 Å². The molecular formula is C4H3NO3S2. The average molecular weight is 177 g/mol. The Bertz CT molecular complexity index is 324. The molecule has 10 heavy (non-hydrogen) atoms. The predicted molar refractivity (Wildman–Crippen MR) is 40.7 cm³/mol. The van der Waals surface area contributed by atoms with Crippen LogP contribution in [-0.2, 0) is 10.1 Å². The molecular weight excluding hydrogens is 174 g/mol. The third kappa shape index (κ3) is 1.47. The highest BCUT2D eigenvalue weighted by atomic mass is 32.2. The van der Waals surface area contributed by atoms with Crippen LogP contribution in [0, 0.1) is 0 Å². The molecule has 0 saturated heterocycles. The summed E-state index contributed by atoms with van der Waals surface area (Å²) in [6.45, 7) is 0. The molecule has 1 heterocycles. The highest BCUT2D eigenvalue weighted by Gasteiger charge is 2.15. The maximum absolute atomic E-state index is 10.3. The fraction of sp³-hybridized carbons (Fsp3) is 0. The molecule has 0 aromatic heterocycles. The predicted octanol–water partition coefficient (Wildman–Crippen LogP) is 0.170. The number of hydrogen-bond acceptors (Lipinski definition) is 4. The van der Waals surface area contributed by atoms with Gasteiger partial charge < -0.3 is 0 Å². The van der Waals surface area contributed by atoms with Crippen LogP contribution in [-0.4, -0.2) is 24.0 Å². The Morgan fingerprint density at radius 2 is 2.20 bits per heavy atom. The van der Waals surface area contributed by atoms with Gasteiger partial charge in [0, 0.05) is 6.21 Å². The first-order valence-electron chi connectivity index (χ1n) is 2.27. The summed E-state index contributed by atoms with van der Waals surface area (Å²) in [5.74, 6) is 0. The molecule has 0 fully saturated rings. The van der Waals surface area contributed by atoms with Gasteiger partial charge in [-0.2, -0.15) is 8.42 Å². The van der Waals surface area contributed by atoms with E-state index in [0.717, 1.165) is 6.08 Å². The zero-order chi connectivity index (χ0) is 7.78. The van der Waals surface area contributed by atoms with Crippen LogP contribution in [0.2, 0.25) is 0 Å². The number of aliphatic imine (C=N–C) groups is 1. The molecule has 0 radical (unpaired) electrons. The van der Waals surface area contributed by atoms with Gasteiger partial charge in [0.25, 0.3) is 0 Å². The van der Waals surface area contributed by atoms with Crippen LogP contribution in [0.3, 0.4) is 0 Å². The van der Waals surface area contributed by atoms with Crippen molar-refractivity contribution in [3.8, 4) is 0 Å². The maximum atomic E-state index is 10.3. The first-order valence-corrected chi connectivity index (χ1v) is 4.12. The van der Waals surface area contributed by atoms with Crippen molar-refractivity contribution in [3.05, 3.63) is 11.1 Å². The zero-order valence-corrected chi connectivity index (χ0v) is 6.32. The number of thiocarbonyl (C=S) groups is 1. The minimum absolute atomic E-state index is 0.299. The Hall–Kier alpha value is -0.590. The summed E-state index contributed by atoms with van der Waals surface area (Å²) in [6.07, 6.45) is 2.31. The lowest BCUT2D eigenvalue weighted by Gasteiger charge is -1.87. The SMILES string of the molecule is O=S(=O)(O)C1=CC(=S)C=N1. The minimum atomic E-state index is -4.16. The van der Waals surface area contributed by atoms with Crippen LogP contribution in [0.25, 0.3) is 0 Å². The van der Waals surface area contributed by atoms with Crippen LogP contribution < -0.4 is 0 Å². The van der Waals surface area contributed by atoms with Gasteiger partial charge in [0.05, 0.1) is 4.86 Å². The lowest BCUT2D eigenvalue weighted by molar-refractivity contribution is 0.490. The minimum Gasteiger partial charge on any atom is -0.281 e. The highest BCUT2D eigenvalue weighted by molar-refractivity contribution is 7.90. The van der Waals surface area contributed by atoms with Crippen LogP contribution in [0.1, 0.15) is 0 Å². The van der Waals surface area contributed by atoms with Gasteiger partial charge in [-0.3, -0.25) is 4.55 Å². The van der Waals surface area contributed by atoms with E-state index in [9.17, 15) is 8.42 Å². The number of hydrogen-bond donors (Lipinski definition) is 1. The average Bonchev–Trinajstić information content (AvgIpc) is 2.11. The Morgan fingerprint density at radius 3 is 2.40 bits per heavy atom. The molecule has 0 aromatic carbocycles. The van der Waals surface area contributed by atoms with E-state index in [-0.39, 0.29) is 0 Å².